The van der Waals surface area contributed by atoms with E-state index >= 15 is 0 Å². The highest BCUT2D eigenvalue weighted by atomic mass is 16.3. The first-order chi connectivity index (χ1) is 28.5. The smallest absolute Gasteiger partial charge is 0.164 e. The van der Waals surface area contributed by atoms with Crippen LogP contribution in [-0.2, 0) is 0 Å². The highest BCUT2D eigenvalue weighted by Gasteiger charge is 2.16. The van der Waals surface area contributed by atoms with Crippen LogP contribution in [0.3, 0.4) is 0 Å². The Labute approximate surface area is 300 Å². The van der Waals surface area contributed by atoms with Crippen LogP contribution >= 0.6 is 0 Å². The molecule has 3 aromatic heterocycles. The van der Waals surface area contributed by atoms with Crippen LogP contribution < -0.4 is 0 Å². The summed E-state index contributed by atoms with van der Waals surface area (Å²) in [5, 5.41) is 2.67. The Morgan fingerprint density at radius 1 is 0.420 bits per heavy atom. The second-order valence-corrected chi connectivity index (χ2v) is 11.8. The standard InChI is InChI=1S/C45H28N4O/c1-3-11-29(12-4-1)32-22-26-40-38(27-32)35-15-7-9-17-39(35)49(40)34-23-19-31(20-24-34)44-46-43(30-13-5-2-6-14-30)47-45(48-44)33-21-25-37-36-16-8-10-18-41(36)50-42(37)28-33/h1-28H/i1D,3D,4D,7D,9D,11D,12D,15D,17D. The Morgan fingerprint density at radius 3 is 1.88 bits per heavy atom. The van der Waals surface area contributed by atoms with Crippen molar-refractivity contribution < 1.29 is 16.8 Å². The van der Waals surface area contributed by atoms with Crippen molar-refractivity contribution in [1.29, 1.82) is 0 Å². The molecule has 3 heterocycles. The van der Waals surface area contributed by atoms with E-state index in [9.17, 15) is 0 Å². The molecule has 234 valence electrons. The van der Waals surface area contributed by atoms with Crippen LogP contribution in [0.25, 0.3) is 94.7 Å². The van der Waals surface area contributed by atoms with E-state index in [1.165, 1.54) is 0 Å². The van der Waals surface area contributed by atoms with Crippen molar-refractivity contribution in [2.24, 2.45) is 0 Å². The van der Waals surface area contributed by atoms with Crippen LogP contribution in [0, 0.1) is 0 Å². The maximum absolute atomic E-state index is 9.01. The fourth-order valence-electron chi connectivity index (χ4n) is 6.51. The third kappa shape index (κ3) is 4.67. The number of nitrogens with zero attached hydrogens (tertiary/aromatic N) is 4. The number of para-hydroxylation sites is 2. The van der Waals surface area contributed by atoms with Crippen LogP contribution in [0.1, 0.15) is 12.3 Å². The minimum atomic E-state index is -0.507. The molecule has 0 aliphatic carbocycles. The number of rotatable bonds is 5. The lowest BCUT2D eigenvalue weighted by Crippen LogP contribution is -2.00. The second kappa shape index (κ2) is 11.4. The lowest BCUT2D eigenvalue weighted by atomic mass is 10.0. The number of furan rings is 1. The van der Waals surface area contributed by atoms with Crippen LogP contribution in [0.2, 0.25) is 0 Å². The molecule has 0 bridgehead atoms. The zero-order chi connectivity index (χ0) is 40.9. The molecule has 0 fully saturated rings. The van der Waals surface area contributed by atoms with Crippen molar-refractivity contribution in [3.05, 3.63) is 170 Å². The summed E-state index contributed by atoms with van der Waals surface area (Å²) in [4.78, 5) is 14.7. The summed E-state index contributed by atoms with van der Waals surface area (Å²) < 4.78 is 84.6. The highest BCUT2D eigenvalue weighted by Crippen LogP contribution is 2.36. The molecule has 0 saturated heterocycles. The van der Waals surface area contributed by atoms with Gasteiger partial charge in [-0.3, -0.25) is 0 Å². The zero-order valence-electron chi connectivity index (χ0n) is 35.2. The molecule has 7 aromatic carbocycles. The Hall–Kier alpha value is -6.85. The SMILES string of the molecule is [2H]c1c([2H])c([2H])c(-c2ccc3c(c2)c2c([2H])c([2H])c([2H])c([2H])c2n3-c2ccc(-c3nc(-c4ccccc4)nc(-c4ccc5c(c4)oc4ccccc45)n3)cc2)c([2H])c1[2H]. The predicted octanol–water partition coefficient (Wildman–Crippen LogP) is 11.5. The first kappa shape index (κ1) is 20.5. The third-order valence-corrected chi connectivity index (χ3v) is 8.87. The van der Waals surface area contributed by atoms with Crippen molar-refractivity contribution in [3.8, 4) is 51.0 Å². The van der Waals surface area contributed by atoms with Crippen molar-refractivity contribution in [2.75, 3.05) is 0 Å². The molecular weight excluding hydrogens is 613 g/mol. The summed E-state index contributed by atoms with van der Waals surface area (Å²) in [6.07, 6.45) is 0. The van der Waals surface area contributed by atoms with Crippen molar-refractivity contribution in [3.63, 3.8) is 0 Å². The first-order valence-corrected chi connectivity index (χ1v) is 16.0. The molecule has 0 atom stereocenters. The molecule has 50 heavy (non-hydrogen) atoms. The van der Waals surface area contributed by atoms with Gasteiger partial charge in [-0.2, -0.15) is 0 Å². The highest BCUT2D eigenvalue weighted by molar-refractivity contribution is 6.10. The fourth-order valence-corrected chi connectivity index (χ4v) is 6.51. The molecule has 0 aliphatic heterocycles. The number of aromatic nitrogens is 4. The number of fused-ring (bicyclic) bond motifs is 6. The van der Waals surface area contributed by atoms with Crippen molar-refractivity contribution >= 4 is 43.7 Å². The van der Waals surface area contributed by atoms with Gasteiger partial charge in [-0.05, 0) is 71.8 Å². The van der Waals surface area contributed by atoms with E-state index in [1.807, 2.05) is 97.1 Å². The van der Waals surface area contributed by atoms with Crippen LogP contribution in [0.5, 0.6) is 0 Å². The molecule has 0 amide bonds. The lowest BCUT2D eigenvalue weighted by molar-refractivity contribution is 0.669. The molecule has 10 aromatic rings. The Kier molecular flexibility index (Phi) is 4.67. The maximum atomic E-state index is 9.01. The molecule has 0 aliphatic rings. The summed E-state index contributed by atoms with van der Waals surface area (Å²) in [5.74, 6) is 1.35. The number of benzene rings is 7. The van der Waals surface area contributed by atoms with Gasteiger partial charge in [-0.1, -0.05) is 109 Å². The lowest BCUT2D eigenvalue weighted by Gasteiger charge is -2.11. The molecule has 5 nitrogen and oxygen atoms in total. The average molecular weight is 650 g/mol. The van der Waals surface area contributed by atoms with E-state index in [0.717, 1.165) is 27.5 Å². The van der Waals surface area contributed by atoms with Gasteiger partial charge in [0.2, 0.25) is 0 Å². The van der Waals surface area contributed by atoms with Gasteiger partial charge in [-0.15, -0.1) is 0 Å². The average Bonchev–Trinajstić information content (AvgIpc) is 3.82. The van der Waals surface area contributed by atoms with Crippen LogP contribution in [-0.4, -0.2) is 19.5 Å². The molecule has 0 saturated carbocycles. The van der Waals surface area contributed by atoms with E-state index in [-0.39, 0.29) is 40.6 Å². The largest absolute Gasteiger partial charge is 0.456 e. The molecule has 10 rings (SSSR count). The van der Waals surface area contributed by atoms with Crippen LogP contribution in [0.4, 0.5) is 0 Å². The quantitative estimate of drug-likeness (QED) is 0.186. The third-order valence-electron chi connectivity index (χ3n) is 8.87. The summed E-state index contributed by atoms with van der Waals surface area (Å²) >= 11 is 0. The van der Waals surface area contributed by atoms with E-state index < -0.39 is 30.2 Å². The first-order valence-electron chi connectivity index (χ1n) is 20.5. The van der Waals surface area contributed by atoms with Gasteiger partial charge in [0.05, 0.1) is 23.4 Å². The molecule has 5 heteroatoms. The van der Waals surface area contributed by atoms with E-state index in [0.29, 0.717) is 50.8 Å². The Bertz CT molecular complexity index is 3350. The number of hydrogen-bond donors (Lipinski definition) is 0. The van der Waals surface area contributed by atoms with Gasteiger partial charge in [0.25, 0.3) is 0 Å². The van der Waals surface area contributed by atoms with Gasteiger partial charge >= 0.3 is 0 Å². The normalized spacial score (nSPS) is 14.1. The maximum Gasteiger partial charge on any atom is 0.164 e. The molecule has 0 radical (unpaired) electrons. The summed E-state index contributed by atoms with van der Waals surface area (Å²) in [6.45, 7) is 0. The van der Waals surface area contributed by atoms with Gasteiger partial charge < -0.3 is 8.98 Å². The number of hydrogen-bond acceptors (Lipinski definition) is 4. The monoisotopic (exact) mass is 649 g/mol. The topological polar surface area (TPSA) is 56.7 Å². The predicted molar refractivity (Wildman–Crippen MR) is 203 cm³/mol. The molecule has 0 N–H and O–H groups in total. The van der Waals surface area contributed by atoms with Crippen LogP contribution in [0.15, 0.2) is 174 Å². The zero-order valence-corrected chi connectivity index (χ0v) is 26.2. The minimum absolute atomic E-state index is 0.00640. The van der Waals surface area contributed by atoms with Gasteiger partial charge in [-0.25, -0.2) is 15.0 Å². The van der Waals surface area contributed by atoms with Crippen molar-refractivity contribution in [1.82, 2.24) is 19.5 Å². The summed E-state index contributed by atoms with van der Waals surface area (Å²) in [5.41, 5.74) is 5.38. The van der Waals surface area contributed by atoms with E-state index in [1.54, 1.807) is 22.8 Å². The van der Waals surface area contributed by atoms with E-state index in [2.05, 4.69) is 0 Å². The van der Waals surface area contributed by atoms with Gasteiger partial charge in [0, 0.05) is 43.9 Å². The fraction of sp³-hybridized carbons (Fsp3) is 0. The molecule has 0 unspecified atom stereocenters. The summed E-state index contributed by atoms with van der Waals surface area (Å²) in [7, 11) is 0. The van der Waals surface area contributed by atoms with Crippen molar-refractivity contribution in [2.45, 2.75) is 0 Å². The molecular formula is C45H28N4O. The van der Waals surface area contributed by atoms with Gasteiger partial charge in [0.1, 0.15) is 11.2 Å². The molecule has 0 spiro atoms. The minimum Gasteiger partial charge on any atom is -0.456 e. The second-order valence-electron chi connectivity index (χ2n) is 11.8. The summed E-state index contributed by atoms with van der Waals surface area (Å²) in [6, 6.07) is 32.2. The Morgan fingerprint density at radius 2 is 1.06 bits per heavy atom. The van der Waals surface area contributed by atoms with E-state index in [4.69, 9.17) is 31.7 Å². The Balaban J connectivity index is 1.14. The van der Waals surface area contributed by atoms with Gasteiger partial charge in [0.15, 0.2) is 17.5 Å².